The van der Waals surface area contributed by atoms with E-state index < -0.39 is 0 Å². The fourth-order valence-corrected chi connectivity index (χ4v) is 2.69. The highest BCUT2D eigenvalue weighted by molar-refractivity contribution is 5.70. The van der Waals surface area contributed by atoms with Crippen LogP contribution in [0.2, 0.25) is 0 Å². The number of benzene rings is 3. The van der Waals surface area contributed by atoms with E-state index in [0.717, 1.165) is 22.4 Å². The molecule has 0 saturated carbocycles. The Bertz CT molecular complexity index is 1130. The molecule has 0 radical (unpaired) electrons. The Balaban J connectivity index is 1.74. The molecule has 0 fully saturated rings. The molecule has 138 valence electrons. The molecule has 0 saturated heterocycles. The highest BCUT2D eigenvalue weighted by Gasteiger charge is 2.07. The Kier molecular flexibility index (Phi) is 6.25. The summed E-state index contributed by atoms with van der Waals surface area (Å²) in [6, 6.07) is 30.4. The maximum absolute atomic E-state index is 9.18. The summed E-state index contributed by atoms with van der Waals surface area (Å²) in [6.45, 7) is 0.503. The van der Waals surface area contributed by atoms with Crippen molar-refractivity contribution in [3.63, 3.8) is 0 Å². The van der Waals surface area contributed by atoms with Crippen molar-refractivity contribution in [1.82, 2.24) is 0 Å². The molecule has 0 spiro atoms. The molecule has 0 aromatic heterocycles. The number of nitriles is 3. The maximum Gasteiger partial charge on any atom is 0.163 e. The van der Waals surface area contributed by atoms with Gasteiger partial charge in [0, 0.05) is 5.69 Å². The largest absolute Gasteiger partial charge is 0.489 e. The van der Waals surface area contributed by atoms with Gasteiger partial charge in [-0.15, -0.1) is 0 Å². The lowest BCUT2D eigenvalue weighted by atomic mass is 10.0. The second-order valence-corrected chi connectivity index (χ2v) is 6.09. The molecule has 0 aliphatic rings. The summed E-state index contributed by atoms with van der Waals surface area (Å²) in [5.41, 5.74) is 3.30. The van der Waals surface area contributed by atoms with Crippen molar-refractivity contribution in [2.45, 2.75) is 6.61 Å². The van der Waals surface area contributed by atoms with E-state index in [0.29, 0.717) is 12.3 Å². The summed E-state index contributed by atoms with van der Waals surface area (Å²) < 4.78 is 5.81. The van der Waals surface area contributed by atoms with Crippen LogP contribution in [0.4, 0.5) is 5.69 Å². The predicted molar refractivity (Wildman–Crippen MR) is 110 cm³/mol. The molecular formula is C24H16N4O. The average Bonchev–Trinajstić information content (AvgIpc) is 2.79. The van der Waals surface area contributed by atoms with Crippen LogP contribution >= 0.6 is 0 Å². The van der Waals surface area contributed by atoms with Gasteiger partial charge >= 0.3 is 0 Å². The molecule has 5 nitrogen and oxygen atoms in total. The number of nitrogens with zero attached hydrogens (tertiary/aromatic N) is 3. The van der Waals surface area contributed by atoms with Gasteiger partial charge in [-0.2, -0.15) is 15.8 Å². The van der Waals surface area contributed by atoms with Crippen molar-refractivity contribution in [3.05, 3.63) is 95.7 Å². The number of anilines is 1. The predicted octanol–water partition coefficient (Wildman–Crippen LogP) is 5.17. The normalized spacial score (nSPS) is 9.41. The molecule has 0 atom stereocenters. The number of hydrogen-bond acceptors (Lipinski definition) is 5. The van der Waals surface area contributed by atoms with Crippen LogP contribution in [-0.2, 0) is 6.61 Å². The molecule has 0 bridgehead atoms. The number of rotatable bonds is 6. The van der Waals surface area contributed by atoms with Crippen LogP contribution < -0.4 is 10.1 Å². The van der Waals surface area contributed by atoms with Gasteiger partial charge in [-0.05, 0) is 41.0 Å². The van der Waals surface area contributed by atoms with Gasteiger partial charge in [0.25, 0.3) is 0 Å². The SMILES string of the molecule is N#CC(C#N)=C(C#N)Nc1cccc(-c2ccc(OCc3ccccc3)cc2)c1. The first-order valence-corrected chi connectivity index (χ1v) is 8.82. The van der Waals surface area contributed by atoms with Crippen LogP contribution in [0.15, 0.2) is 90.1 Å². The molecule has 0 aliphatic heterocycles. The van der Waals surface area contributed by atoms with Gasteiger partial charge in [0.15, 0.2) is 5.57 Å². The number of nitrogens with one attached hydrogen (secondary N) is 1. The van der Waals surface area contributed by atoms with E-state index in [1.807, 2.05) is 78.9 Å². The number of hydrogen-bond donors (Lipinski definition) is 1. The summed E-state index contributed by atoms with van der Waals surface area (Å²) in [6.07, 6.45) is 0. The number of allylic oxidation sites excluding steroid dienone is 2. The minimum atomic E-state index is -0.252. The molecular weight excluding hydrogens is 360 g/mol. The molecule has 0 heterocycles. The Morgan fingerprint density at radius 3 is 2.14 bits per heavy atom. The molecule has 3 rings (SSSR count). The second-order valence-electron chi connectivity index (χ2n) is 6.09. The van der Waals surface area contributed by atoms with E-state index in [9.17, 15) is 5.26 Å². The van der Waals surface area contributed by atoms with Gasteiger partial charge in [-0.3, -0.25) is 0 Å². The lowest BCUT2D eigenvalue weighted by Crippen LogP contribution is -2.00. The van der Waals surface area contributed by atoms with Crippen LogP contribution in [0, 0.1) is 34.0 Å². The highest BCUT2D eigenvalue weighted by atomic mass is 16.5. The molecule has 3 aromatic carbocycles. The molecule has 29 heavy (non-hydrogen) atoms. The van der Waals surface area contributed by atoms with Crippen LogP contribution in [0.5, 0.6) is 5.75 Å². The minimum Gasteiger partial charge on any atom is -0.489 e. The third-order valence-corrected chi connectivity index (χ3v) is 4.15. The lowest BCUT2D eigenvalue weighted by molar-refractivity contribution is 0.306. The zero-order chi connectivity index (χ0) is 20.5. The monoisotopic (exact) mass is 376 g/mol. The zero-order valence-corrected chi connectivity index (χ0v) is 15.5. The van der Waals surface area contributed by atoms with Crippen molar-refractivity contribution in [1.29, 1.82) is 15.8 Å². The Morgan fingerprint density at radius 1 is 0.759 bits per heavy atom. The van der Waals surface area contributed by atoms with Gasteiger partial charge in [0.1, 0.15) is 36.3 Å². The van der Waals surface area contributed by atoms with E-state index in [4.69, 9.17) is 15.3 Å². The Hall–Kier alpha value is -4.53. The van der Waals surface area contributed by atoms with Crippen molar-refractivity contribution in [2.75, 3.05) is 5.32 Å². The van der Waals surface area contributed by atoms with E-state index in [2.05, 4.69) is 5.32 Å². The summed E-state index contributed by atoms with van der Waals surface area (Å²) in [4.78, 5) is 0. The molecule has 0 amide bonds. The molecule has 0 aliphatic carbocycles. The highest BCUT2D eigenvalue weighted by Crippen LogP contribution is 2.26. The molecule has 0 unspecified atom stereocenters. The van der Waals surface area contributed by atoms with Crippen LogP contribution in [-0.4, -0.2) is 0 Å². The minimum absolute atomic E-state index is 0.0724. The molecule has 5 heteroatoms. The third kappa shape index (κ3) is 5.01. The van der Waals surface area contributed by atoms with Crippen molar-refractivity contribution < 1.29 is 4.74 Å². The first-order chi connectivity index (χ1) is 14.2. The number of ether oxygens (including phenoxy) is 1. The molecule has 3 aromatic rings. The van der Waals surface area contributed by atoms with Crippen LogP contribution in [0.25, 0.3) is 11.1 Å². The average molecular weight is 376 g/mol. The second kappa shape index (κ2) is 9.42. The standard InChI is InChI=1S/C24H16N4O/c25-14-21(15-26)24(16-27)28-22-8-4-7-20(13-22)19-9-11-23(12-10-19)29-17-18-5-2-1-3-6-18/h1-13,28H,17H2. The lowest BCUT2D eigenvalue weighted by Gasteiger charge is -2.09. The van der Waals surface area contributed by atoms with Gasteiger partial charge in [-0.25, -0.2) is 0 Å². The maximum atomic E-state index is 9.18. The first-order valence-electron chi connectivity index (χ1n) is 8.82. The zero-order valence-electron chi connectivity index (χ0n) is 15.5. The van der Waals surface area contributed by atoms with E-state index in [-0.39, 0.29) is 11.3 Å². The summed E-state index contributed by atoms with van der Waals surface area (Å²) in [5.74, 6) is 0.772. The van der Waals surface area contributed by atoms with Crippen molar-refractivity contribution in [3.8, 4) is 35.1 Å². The topological polar surface area (TPSA) is 92.6 Å². The summed E-state index contributed by atoms with van der Waals surface area (Å²) in [7, 11) is 0. The quantitative estimate of drug-likeness (QED) is 0.599. The summed E-state index contributed by atoms with van der Waals surface area (Å²) in [5, 5.41) is 29.9. The van der Waals surface area contributed by atoms with Gasteiger partial charge in [0.05, 0.1) is 0 Å². The van der Waals surface area contributed by atoms with Gasteiger partial charge in [0.2, 0.25) is 0 Å². The Labute approximate surface area is 169 Å². The van der Waals surface area contributed by atoms with Crippen molar-refractivity contribution in [2.24, 2.45) is 0 Å². The van der Waals surface area contributed by atoms with Crippen molar-refractivity contribution >= 4 is 5.69 Å². The van der Waals surface area contributed by atoms with E-state index in [1.54, 1.807) is 18.2 Å². The molecule has 1 N–H and O–H groups in total. The third-order valence-electron chi connectivity index (χ3n) is 4.15. The Morgan fingerprint density at radius 2 is 1.48 bits per heavy atom. The van der Waals surface area contributed by atoms with Crippen LogP contribution in [0.3, 0.4) is 0 Å². The fraction of sp³-hybridized carbons (Fsp3) is 0.0417. The van der Waals surface area contributed by atoms with Crippen LogP contribution in [0.1, 0.15) is 5.56 Å². The summed E-state index contributed by atoms with van der Waals surface area (Å²) >= 11 is 0. The fourth-order valence-electron chi connectivity index (χ4n) is 2.69. The first kappa shape index (κ1) is 19.2. The van der Waals surface area contributed by atoms with E-state index in [1.165, 1.54) is 0 Å². The smallest absolute Gasteiger partial charge is 0.163 e. The van der Waals surface area contributed by atoms with Gasteiger partial charge < -0.3 is 10.1 Å². The van der Waals surface area contributed by atoms with E-state index >= 15 is 0 Å². The van der Waals surface area contributed by atoms with Gasteiger partial charge in [-0.1, -0.05) is 54.6 Å².